The van der Waals surface area contributed by atoms with Crippen LogP contribution >= 0.6 is 11.3 Å². The van der Waals surface area contributed by atoms with E-state index in [1.54, 1.807) is 24.3 Å². The van der Waals surface area contributed by atoms with Gasteiger partial charge < -0.3 is 10.2 Å². The number of carbonyl (C=O) groups is 2. The van der Waals surface area contributed by atoms with Crippen LogP contribution in [0.3, 0.4) is 0 Å². The molecule has 5 heteroatoms. The van der Waals surface area contributed by atoms with Crippen LogP contribution in [0.4, 0.5) is 0 Å². The van der Waals surface area contributed by atoms with Crippen LogP contribution in [0.15, 0.2) is 60.7 Å². The van der Waals surface area contributed by atoms with Crippen molar-refractivity contribution >= 4 is 23.3 Å². The van der Waals surface area contributed by atoms with Crippen molar-refractivity contribution in [2.45, 2.75) is 0 Å². The second-order valence-electron chi connectivity index (χ2n) is 4.85. The summed E-state index contributed by atoms with van der Waals surface area (Å²) in [6.07, 6.45) is 0. The van der Waals surface area contributed by atoms with E-state index in [0.717, 1.165) is 16.9 Å². The van der Waals surface area contributed by atoms with Crippen LogP contribution in [0.5, 0.6) is 0 Å². The molecule has 0 aliphatic heterocycles. The first-order valence-corrected chi connectivity index (χ1v) is 7.65. The Labute approximate surface area is 136 Å². The predicted octanol–water partition coefficient (Wildman–Crippen LogP) is 4.48. The molecule has 0 atom stereocenters. The first kappa shape index (κ1) is 15.0. The Kier molecular flexibility index (Phi) is 3.95. The molecule has 2 N–H and O–H groups in total. The SMILES string of the molecule is O=C(O)c1sc(-c2ccccc2)c(-c2ccccc2)c1C(=O)O. The zero-order valence-corrected chi connectivity index (χ0v) is 12.7. The van der Waals surface area contributed by atoms with Crippen LogP contribution in [-0.4, -0.2) is 22.2 Å². The van der Waals surface area contributed by atoms with E-state index in [1.807, 2.05) is 36.4 Å². The van der Waals surface area contributed by atoms with Gasteiger partial charge in [0.1, 0.15) is 4.88 Å². The van der Waals surface area contributed by atoms with Crippen molar-refractivity contribution in [3.63, 3.8) is 0 Å². The van der Waals surface area contributed by atoms with Crippen LogP contribution in [0.1, 0.15) is 20.0 Å². The van der Waals surface area contributed by atoms with E-state index in [4.69, 9.17) is 0 Å². The highest BCUT2D eigenvalue weighted by Crippen LogP contribution is 2.43. The normalized spacial score (nSPS) is 10.4. The van der Waals surface area contributed by atoms with Crippen molar-refractivity contribution in [2.75, 3.05) is 0 Å². The van der Waals surface area contributed by atoms with Gasteiger partial charge in [-0.1, -0.05) is 60.7 Å². The molecule has 0 aliphatic carbocycles. The third-order valence-corrected chi connectivity index (χ3v) is 4.64. The van der Waals surface area contributed by atoms with Gasteiger partial charge in [-0.05, 0) is 11.1 Å². The highest BCUT2D eigenvalue weighted by molar-refractivity contribution is 7.18. The maximum atomic E-state index is 11.7. The van der Waals surface area contributed by atoms with Gasteiger partial charge in [0.25, 0.3) is 0 Å². The number of carboxylic acid groups (broad SMARTS) is 2. The summed E-state index contributed by atoms with van der Waals surface area (Å²) in [6.45, 7) is 0. The lowest BCUT2D eigenvalue weighted by atomic mass is 9.97. The zero-order chi connectivity index (χ0) is 16.4. The Morgan fingerprint density at radius 1 is 0.739 bits per heavy atom. The molecule has 0 radical (unpaired) electrons. The molecule has 0 spiro atoms. The van der Waals surface area contributed by atoms with Crippen LogP contribution < -0.4 is 0 Å². The van der Waals surface area contributed by atoms with Crippen molar-refractivity contribution in [1.82, 2.24) is 0 Å². The average Bonchev–Trinajstić information content (AvgIpc) is 2.97. The quantitative estimate of drug-likeness (QED) is 0.742. The summed E-state index contributed by atoms with van der Waals surface area (Å²) >= 11 is 0.990. The van der Waals surface area contributed by atoms with Gasteiger partial charge in [0, 0.05) is 10.4 Å². The molecule has 0 amide bonds. The Morgan fingerprint density at radius 2 is 1.26 bits per heavy atom. The van der Waals surface area contributed by atoms with Crippen molar-refractivity contribution in [2.24, 2.45) is 0 Å². The highest BCUT2D eigenvalue weighted by Gasteiger charge is 2.28. The molecule has 0 saturated heterocycles. The van der Waals surface area contributed by atoms with Gasteiger partial charge >= 0.3 is 11.9 Å². The lowest BCUT2D eigenvalue weighted by Crippen LogP contribution is -2.05. The first-order chi connectivity index (χ1) is 11.1. The second kappa shape index (κ2) is 6.06. The Morgan fingerprint density at radius 3 is 1.74 bits per heavy atom. The molecule has 0 saturated carbocycles. The third kappa shape index (κ3) is 2.74. The van der Waals surface area contributed by atoms with Crippen LogP contribution in [0.2, 0.25) is 0 Å². The molecule has 0 fully saturated rings. The van der Waals surface area contributed by atoms with Gasteiger partial charge in [0.05, 0.1) is 5.56 Å². The van der Waals surface area contributed by atoms with E-state index in [-0.39, 0.29) is 10.4 Å². The summed E-state index contributed by atoms with van der Waals surface area (Å²) in [5.41, 5.74) is 1.78. The number of aromatic carboxylic acids is 2. The van der Waals surface area contributed by atoms with E-state index < -0.39 is 11.9 Å². The van der Waals surface area contributed by atoms with Gasteiger partial charge in [-0.3, -0.25) is 0 Å². The monoisotopic (exact) mass is 324 g/mol. The Balaban J connectivity index is 2.38. The average molecular weight is 324 g/mol. The highest BCUT2D eigenvalue weighted by atomic mass is 32.1. The van der Waals surface area contributed by atoms with Gasteiger partial charge in [-0.15, -0.1) is 11.3 Å². The molecular weight excluding hydrogens is 312 g/mol. The summed E-state index contributed by atoms with van der Waals surface area (Å²) in [7, 11) is 0. The van der Waals surface area contributed by atoms with Crippen molar-refractivity contribution in [1.29, 1.82) is 0 Å². The van der Waals surface area contributed by atoms with Gasteiger partial charge in [0.2, 0.25) is 0 Å². The van der Waals surface area contributed by atoms with E-state index in [0.29, 0.717) is 16.0 Å². The van der Waals surface area contributed by atoms with E-state index in [2.05, 4.69) is 0 Å². The maximum absolute atomic E-state index is 11.7. The summed E-state index contributed by atoms with van der Waals surface area (Å²) in [4.78, 5) is 23.7. The van der Waals surface area contributed by atoms with Crippen LogP contribution in [0.25, 0.3) is 21.6 Å². The first-order valence-electron chi connectivity index (χ1n) is 6.84. The minimum Gasteiger partial charge on any atom is -0.478 e. The van der Waals surface area contributed by atoms with Crippen molar-refractivity contribution in [3.8, 4) is 21.6 Å². The molecule has 3 rings (SSSR count). The molecule has 0 aliphatic rings. The number of carboxylic acids is 2. The lowest BCUT2D eigenvalue weighted by Gasteiger charge is -2.06. The Bertz CT molecular complexity index is 867. The molecule has 1 heterocycles. The second-order valence-corrected chi connectivity index (χ2v) is 5.87. The van der Waals surface area contributed by atoms with E-state index in [9.17, 15) is 19.8 Å². The minimum atomic E-state index is -1.24. The van der Waals surface area contributed by atoms with Crippen molar-refractivity contribution < 1.29 is 19.8 Å². The number of thiophene rings is 1. The fraction of sp³-hybridized carbons (Fsp3) is 0. The largest absolute Gasteiger partial charge is 0.478 e. The maximum Gasteiger partial charge on any atom is 0.346 e. The van der Waals surface area contributed by atoms with Crippen LogP contribution in [-0.2, 0) is 0 Å². The molecule has 1 aromatic heterocycles. The third-order valence-electron chi connectivity index (χ3n) is 3.41. The topological polar surface area (TPSA) is 74.6 Å². The fourth-order valence-corrected chi connectivity index (χ4v) is 3.62. The van der Waals surface area contributed by atoms with Crippen molar-refractivity contribution in [3.05, 3.63) is 71.1 Å². The minimum absolute atomic E-state index is 0.157. The molecule has 0 unspecified atom stereocenters. The molecule has 3 aromatic rings. The lowest BCUT2D eigenvalue weighted by molar-refractivity contribution is 0.0657. The van der Waals surface area contributed by atoms with E-state index >= 15 is 0 Å². The molecular formula is C18H12O4S. The molecule has 2 aromatic carbocycles. The summed E-state index contributed by atoms with van der Waals surface area (Å²) in [5.74, 6) is -2.47. The summed E-state index contributed by atoms with van der Waals surface area (Å²) in [5, 5.41) is 19.0. The van der Waals surface area contributed by atoms with Gasteiger partial charge in [-0.25, -0.2) is 9.59 Å². The smallest absolute Gasteiger partial charge is 0.346 e. The number of hydrogen-bond acceptors (Lipinski definition) is 3. The molecule has 0 bridgehead atoms. The molecule has 4 nitrogen and oxygen atoms in total. The summed E-state index contributed by atoms with van der Waals surface area (Å²) in [6, 6.07) is 18.2. The number of hydrogen-bond donors (Lipinski definition) is 2. The molecule has 23 heavy (non-hydrogen) atoms. The standard InChI is InChI=1S/C18H12O4S/c19-17(20)14-13(11-7-3-1-4-8-11)15(23-16(14)18(21)22)12-9-5-2-6-10-12/h1-10H,(H,19,20)(H,21,22). The predicted molar refractivity (Wildman–Crippen MR) is 89.1 cm³/mol. The fourth-order valence-electron chi connectivity index (χ4n) is 2.46. The zero-order valence-electron chi connectivity index (χ0n) is 11.9. The molecule has 114 valence electrons. The Hall–Kier alpha value is -2.92. The summed E-state index contributed by atoms with van der Waals surface area (Å²) < 4.78 is 0. The number of rotatable bonds is 4. The van der Waals surface area contributed by atoms with Gasteiger partial charge in [-0.2, -0.15) is 0 Å². The van der Waals surface area contributed by atoms with Gasteiger partial charge in [0.15, 0.2) is 0 Å². The van der Waals surface area contributed by atoms with E-state index in [1.165, 1.54) is 0 Å². The number of benzene rings is 2. The van der Waals surface area contributed by atoms with Crippen LogP contribution in [0, 0.1) is 0 Å².